The molecule has 0 aliphatic carbocycles. The topological polar surface area (TPSA) is 50.1 Å². The molecule has 96 valence electrons. The number of aryl methyl sites for hydroxylation is 1. The third-order valence-corrected chi connectivity index (χ3v) is 2.51. The Balaban J connectivity index is 2.03. The normalized spacial score (nSPS) is 12.4. The summed E-state index contributed by atoms with van der Waals surface area (Å²) in [5.41, 5.74) is -0.0709. The van der Waals surface area contributed by atoms with Gasteiger partial charge in [0.1, 0.15) is 17.5 Å². The monoisotopic (exact) mass is 253 g/mol. The van der Waals surface area contributed by atoms with Crippen LogP contribution in [0.3, 0.4) is 0 Å². The van der Waals surface area contributed by atoms with Gasteiger partial charge < -0.3 is 10.4 Å². The summed E-state index contributed by atoms with van der Waals surface area (Å²) >= 11 is 0. The summed E-state index contributed by atoms with van der Waals surface area (Å²) in [4.78, 5) is 0. The second kappa shape index (κ2) is 5.14. The first-order valence-corrected chi connectivity index (χ1v) is 5.43. The minimum atomic E-state index is -1.14. The molecule has 0 bridgehead atoms. The van der Waals surface area contributed by atoms with E-state index in [4.69, 9.17) is 0 Å². The largest absolute Gasteiger partial charge is 0.386 e. The van der Waals surface area contributed by atoms with Crippen LogP contribution in [-0.2, 0) is 7.05 Å². The lowest BCUT2D eigenvalue weighted by Gasteiger charge is -2.12. The van der Waals surface area contributed by atoms with E-state index in [1.807, 2.05) is 0 Å². The number of aliphatic hydroxyl groups excluding tert-OH is 1. The van der Waals surface area contributed by atoms with E-state index in [9.17, 15) is 13.9 Å². The highest BCUT2D eigenvalue weighted by molar-refractivity contribution is 5.33. The van der Waals surface area contributed by atoms with Gasteiger partial charge in [-0.1, -0.05) is 0 Å². The fourth-order valence-corrected chi connectivity index (χ4v) is 1.59. The first-order valence-electron chi connectivity index (χ1n) is 5.43. The van der Waals surface area contributed by atoms with Gasteiger partial charge in [0.05, 0.1) is 6.10 Å². The Morgan fingerprint density at radius 2 is 2.17 bits per heavy atom. The van der Waals surface area contributed by atoms with Crippen molar-refractivity contribution in [1.82, 2.24) is 9.78 Å². The summed E-state index contributed by atoms with van der Waals surface area (Å²) in [5.74, 6) is -0.650. The van der Waals surface area contributed by atoms with Crippen LogP contribution in [0.25, 0.3) is 0 Å². The summed E-state index contributed by atoms with van der Waals surface area (Å²) in [5, 5.41) is 16.7. The van der Waals surface area contributed by atoms with Crippen molar-refractivity contribution in [3.8, 4) is 0 Å². The molecule has 4 nitrogen and oxygen atoms in total. The van der Waals surface area contributed by atoms with E-state index in [2.05, 4.69) is 10.4 Å². The van der Waals surface area contributed by atoms with Crippen LogP contribution in [0.15, 0.2) is 30.5 Å². The van der Waals surface area contributed by atoms with Crippen molar-refractivity contribution in [3.63, 3.8) is 0 Å². The van der Waals surface area contributed by atoms with E-state index in [0.29, 0.717) is 5.82 Å². The summed E-state index contributed by atoms with van der Waals surface area (Å²) in [6, 6.07) is 4.71. The van der Waals surface area contributed by atoms with Crippen molar-refractivity contribution in [1.29, 1.82) is 0 Å². The van der Waals surface area contributed by atoms with Crippen molar-refractivity contribution < 1.29 is 13.9 Å². The zero-order chi connectivity index (χ0) is 13.1. The number of hydrogen-bond donors (Lipinski definition) is 2. The first-order chi connectivity index (χ1) is 8.56. The van der Waals surface area contributed by atoms with Crippen molar-refractivity contribution in [3.05, 3.63) is 47.7 Å². The minimum absolute atomic E-state index is 0.0530. The highest BCUT2D eigenvalue weighted by Gasteiger charge is 2.14. The summed E-state index contributed by atoms with van der Waals surface area (Å²) in [6.45, 7) is 0.0530. The molecule has 1 heterocycles. The van der Waals surface area contributed by atoms with Gasteiger partial charge in [-0.25, -0.2) is 8.78 Å². The Morgan fingerprint density at radius 1 is 1.39 bits per heavy atom. The number of nitrogens with zero attached hydrogens (tertiary/aromatic N) is 2. The van der Waals surface area contributed by atoms with Crippen molar-refractivity contribution >= 4 is 5.82 Å². The average molecular weight is 253 g/mol. The molecule has 0 saturated carbocycles. The third kappa shape index (κ3) is 2.84. The predicted molar refractivity (Wildman–Crippen MR) is 63.0 cm³/mol. The molecule has 1 aromatic heterocycles. The zero-order valence-corrected chi connectivity index (χ0v) is 9.77. The van der Waals surface area contributed by atoms with Gasteiger partial charge in [-0.2, -0.15) is 5.10 Å². The molecule has 2 rings (SSSR count). The quantitative estimate of drug-likeness (QED) is 0.874. The number of halogens is 2. The summed E-state index contributed by atoms with van der Waals surface area (Å²) < 4.78 is 27.9. The Labute approximate surface area is 103 Å². The Hall–Kier alpha value is -1.95. The maximum absolute atomic E-state index is 13.4. The zero-order valence-electron chi connectivity index (χ0n) is 9.77. The van der Waals surface area contributed by atoms with Gasteiger partial charge in [-0.15, -0.1) is 0 Å². The molecule has 0 aliphatic rings. The molecule has 0 aliphatic heterocycles. The number of nitrogens with one attached hydrogen (secondary N) is 1. The van der Waals surface area contributed by atoms with Gasteiger partial charge in [0.2, 0.25) is 0 Å². The molecule has 0 spiro atoms. The number of rotatable bonds is 4. The molecule has 0 fully saturated rings. The Morgan fingerprint density at radius 3 is 2.83 bits per heavy atom. The predicted octanol–water partition coefficient (Wildman–Crippen LogP) is 1.84. The molecule has 1 aromatic carbocycles. The van der Waals surface area contributed by atoms with Crippen LogP contribution < -0.4 is 5.32 Å². The van der Waals surface area contributed by atoms with Gasteiger partial charge in [0.15, 0.2) is 0 Å². The molecule has 0 amide bonds. The molecule has 18 heavy (non-hydrogen) atoms. The van der Waals surface area contributed by atoms with Crippen LogP contribution in [0.2, 0.25) is 0 Å². The van der Waals surface area contributed by atoms with E-state index in [0.717, 1.165) is 18.2 Å². The average Bonchev–Trinajstić information content (AvgIpc) is 2.75. The standard InChI is InChI=1S/C12H13F2N3O/c1-17-5-4-12(16-17)15-7-11(18)9-6-8(13)2-3-10(9)14/h2-6,11,18H,7H2,1H3,(H,15,16). The van der Waals surface area contributed by atoms with E-state index in [1.54, 1.807) is 24.0 Å². The van der Waals surface area contributed by atoms with E-state index >= 15 is 0 Å². The Kier molecular flexibility index (Phi) is 3.57. The number of anilines is 1. The van der Waals surface area contributed by atoms with Crippen LogP contribution in [-0.4, -0.2) is 21.4 Å². The smallest absolute Gasteiger partial charge is 0.148 e. The van der Waals surface area contributed by atoms with Crippen LogP contribution in [0.1, 0.15) is 11.7 Å². The number of hydrogen-bond acceptors (Lipinski definition) is 3. The lowest BCUT2D eigenvalue weighted by molar-refractivity contribution is 0.186. The molecule has 2 N–H and O–H groups in total. The molecule has 1 atom stereocenters. The summed E-state index contributed by atoms with van der Waals surface area (Å²) in [6.07, 6.45) is 0.597. The maximum atomic E-state index is 13.4. The second-order valence-electron chi connectivity index (χ2n) is 3.94. The van der Waals surface area contributed by atoms with Gasteiger partial charge in [0.25, 0.3) is 0 Å². The number of aromatic nitrogens is 2. The van der Waals surface area contributed by atoms with Crippen LogP contribution >= 0.6 is 0 Å². The lowest BCUT2D eigenvalue weighted by Crippen LogP contribution is -2.14. The van der Waals surface area contributed by atoms with Gasteiger partial charge in [0, 0.05) is 31.4 Å². The first kappa shape index (κ1) is 12.5. The second-order valence-corrected chi connectivity index (χ2v) is 3.94. The molecule has 2 aromatic rings. The van der Waals surface area contributed by atoms with Crippen LogP contribution in [0.4, 0.5) is 14.6 Å². The molecule has 0 saturated heterocycles. The molecule has 0 radical (unpaired) electrons. The van der Waals surface area contributed by atoms with E-state index < -0.39 is 17.7 Å². The SMILES string of the molecule is Cn1ccc(NCC(O)c2cc(F)ccc2F)n1. The highest BCUT2D eigenvalue weighted by atomic mass is 19.1. The lowest BCUT2D eigenvalue weighted by atomic mass is 10.1. The number of aliphatic hydroxyl groups is 1. The Bertz CT molecular complexity index is 542. The molecular formula is C12H13F2N3O. The van der Waals surface area contributed by atoms with Crippen LogP contribution in [0, 0.1) is 11.6 Å². The highest BCUT2D eigenvalue weighted by Crippen LogP contribution is 2.18. The maximum Gasteiger partial charge on any atom is 0.148 e. The van der Waals surface area contributed by atoms with Crippen molar-refractivity contribution in [2.45, 2.75) is 6.10 Å². The molecule has 6 heteroatoms. The van der Waals surface area contributed by atoms with Crippen molar-refractivity contribution in [2.24, 2.45) is 7.05 Å². The van der Waals surface area contributed by atoms with Gasteiger partial charge >= 0.3 is 0 Å². The minimum Gasteiger partial charge on any atom is -0.386 e. The van der Waals surface area contributed by atoms with Crippen molar-refractivity contribution in [2.75, 3.05) is 11.9 Å². The van der Waals surface area contributed by atoms with Crippen LogP contribution in [0.5, 0.6) is 0 Å². The van der Waals surface area contributed by atoms with E-state index in [-0.39, 0.29) is 12.1 Å². The number of benzene rings is 1. The van der Waals surface area contributed by atoms with E-state index in [1.165, 1.54) is 0 Å². The van der Waals surface area contributed by atoms with Gasteiger partial charge in [-0.05, 0) is 18.2 Å². The molecular weight excluding hydrogens is 240 g/mol. The summed E-state index contributed by atoms with van der Waals surface area (Å²) in [7, 11) is 1.76. The third-order valence-electron chi connectivity index (χ3n) is 2.51. The fourth-order valence-electron chi connectivity index (χ4n) is 1.59. The van der Waals surface area contributed by atoms with Gasteiger partial charge in [-0.3, -0.25) is 4.68 Å². The fraction of sp³-hybridized carbons (Fsp3) is 0.250. The molecule has 1 unspecified atom stereocenters.